The summed E-state index contributed by atoms with van der Waals surface area (Å²) < 4.78 is 4.61. The second kappa shape index (κ2) is 7.29. The van der Waals surface area contributed by atoms with Gasteiger partial charge in [0.1, 0.15) is 0 Å². The third-order valence-corrected chi connectivity index (χ3v) is 5.67. The largest absolute Gasteiger partial charge is 0.284 e. The molecule has 0 radical (unpaired) electrons. The van der Waals surface area contributed by atoms with Crippen LogP contribution >= 0.6 is 12.2 Å². The highest BCUT2D eigenvalue weighted by molar-refractivity contribution is 7.71. The summed E-state index contributed by atoms with van der Waals surface area (Å²) in [7, 11) is 0. The van der Waals surface area contributed by atoms with E-state index in [-0.39, 0.29) is 0 Å². The SMILES string of the molecule is Cc1cc(C)n2c(=S)n(CN3CCC(Cc4ccccc4)CC3)nc2n1. The van der Waals surface area contributed by atoms with Crippen LogP contribution in [0, 0.1) is 24.5 Å². The molecule has 0 saturated carbocycles. The number of piperidine rings is 1. The van der Waals surface area contributed by atoms with Crippen molar-refractivity contribution < 1.29 is 0 Å². The maximum absolute atomic E-state index is 5.63. The Labute approximate surface area is 159 Å². The van der Waals surface area contributed by atoms with Gasteiger partial charge in [-0.25, -0.2) is 9.67 Å². The van der Waals surface area contributed by atoms with Gasteiger partial charge in [-0.1, -0.05) is 30.3 Å². The van der Waals surface area contributed by atoms with Crippen LogP contribution in [-0.4, -0.2) is 37.2 Å². The Morgan fingerprint density at radius 2 is 1.85 bits per heavy atom. The summed E-state index contributed by atoms with van der Waals surface area (Å²) in [5, 5.41) is 4.64. The lowest BCUT2D eigenvalue weighted by molar-refractivity contribution is 0.140. The molecule has 6 heteroatoms. The number of hydrogen-bond donors (Lipinski definition) is 0. The molecule has 0 spiro atoms. The van der Waals surface area contributed by atoms with Crippen molar-refractivity contribution in [2.45, 2.75) is 39.8 Å². The molecule has 26 heavy (non-hydrogen) atoms. The number of nitrogens with zero attached hydrogens (tertiary/aromatic N) is 5. The van der Waals surface area contributed by atoms with Gasteiger partial charge >= 0.3 is 0 Å². The lowest BCUT2D eigenvalue weighted by atomic mass is 9.90. The van der Waals surface area contributed by atoms with Crippen LogP contribution in [0.5, 0.6) is 0 Å². The Morgan fingerprint density at radius 1 is 1.12 bits per heavy atom. The Hall–Kier alpha value is -2.05. The molecule has 0 unspecified atom stereocenters. The molecule has 1 aliphatic heterocycles. The molecule has 0 N–H and O–H groups in total. The molecule has 3 heterocycles. The van der Waals surface area contributed by atoms with Gasteiger partial charge < -0.3 is 0 Å². The van der Waals surface area contributed by atoms with Crippen molar-refractivity contribution in [2.75, 3.05) is 13.1 Å². The second-order valence-corrected chi connectivity index (χ2v) is 7.71. The molecule has 1 fully saturated rings. The van der Waals surface area contributed by atoms with E-state index in [2.05, 4.69) is 52.2 Å². The van der Waals surface area contributed by atoms with Crippen LogP contribution in [0.15, 0.2) is 36.4 Å². The van der Waals surface area contributed by atoms with Gasteiger partial charge in [0.05, 0.1) is 6.67 Å². The minimum absolute atomic E-state index is 0.700. The van der Waals surface area contributed by atoms with E-state index < -0.39 is 0 Å². The van der Waals surface area contributed by atoms with E-state index in [0.717, 1.165) is 41.8 Å². The van der Waals surface area contributed by atoms with Gasteiger partial charge in [0.15, 0.2) is 0 Å². The lowest BCUT2D eigenvalue weighted by Crippen LogP contribution is -2.36. The second-order valence-electron chi connectivity index (χ2n) is 7.35. The first-order chi connectivity index (χ1) is 12.6. The van der Waals surface area contributed by atoms with E-state index in [0.29, 0.717) is 5.78 Å². The normalized spacial score (nSPS) is 16.4. The Kier molecular flexibility index (Phi) is 4.87. The maximum Gasteiger partial charge on any atom is 0.254 e. The highest BCUT2D eigenvalue weighted by Crippen LogP contribution is 2.22. The number of hydrogen-bond acceptors (Lipinski definition) is 4. The smallest absolute Gasteiger partial charge is 0.254 e. The molecule has 0 bridgehead atoms. The zero-order chi connectivity index (χ0) is 18.1. The molecule has 3 aromatic rings. The van der Waals surface area contributed by atoms with E-state index in [4.69, 9.17) is 12.2 Å². The summed E-state index contributed by atoms with van der Waals surface area (Å²) in [5.74, 6) is 1.47. The van der Waals surface area contributed by atoms with E-state index >= 15 is 0 Å². The van der Waals surface area contributed by atoms with Crippen molar-refractivity contribution in [3.8, 4) is 0 Å². The summed E-state index contributed by atoms with van der Waals surface area (Å²) in [6.45, 7) is 6.99. The van der Waals surface area contributed by atoms with Gasteiger partial charge in [0.25, 0.3) is 5.78 Å². The topological polar surface area (TPSA) is 38.4 Å². The average Bonchev–Trinajstić information content (AvgIpc) is 2.93. The van der Waals surface area contributed by atoms with Crippen LogP contribution in [0.1, 0.15) is 29.8 Å². The Balaban J connectivity index is 1.42. The minimum atomic E-state index is 0.700. The first-order valence-corrected chi connectivity index (χ1v) is 9.71. The van der Waals surface area contributed by atoms with Gasteiger partial charge in [-0.05, 0) is 62.9 Å². The Bertz CT molecular complexity index is 951. The molecule has 1 aliphatic rings. The number of rotatable bonds is 4. The number of aryl methyl sites for hydroxylation is 2. The standard InChI is InChI=1S/C20H25N5S/c1-15-12-16(2)25-19(21-15)22-24(20(25)26)14-23-10-8-18(9-11-23)13-17-6-4-3-5-7-17/h3-7,12,18H,8-11,13-14H2,1-2H3. The molecule has 4 rings (SSSR count). The molecule has 1 aromatic carbocycles. The van der Waals surface area contributed by atoms with Gasteiger partial charge in [0.2, 0.25) is 4.77 Å². The van der Waals surface area contributed by atoms with E-state index in [1.54, 1.807) is 0 Å². The summed E-state index contributed by atoms with van der Waals surface area (Å²) in [5.41, 5.74) is 3.51. The fourth-order valence-electron chi connectivity index (χ4n) is 3.90. The number of benzene rings is 1. The van der Waals surface area contributed by atoms with Crippen molar-refractivity contribution in [1.29, 1.82) is 0 Å². The third kappa shape index (κ3) is 3.57. The minimum Gasteiger partial charge on any atom is -0.284 e. The van der Waals surface area contributed by atoms with Gasteiger partial charge in [-0.15, -0.1) is 5.10 Å². The van der Waals surface area contributed by atoms with E-state index in [1.165, 1.54) is 24.8 Å². The van der Waals surface area contributed by atoms with Crippen LogP contribution in [0.2, 0.25) is 0 Å². The first kappa shape index (κ1) is 17.4. The highest BCUT2D eigenvalue weighted by atomic mass is 32.1. The summed E-state index contributed by atoms with van der Waals surface area (Å²) in [6, 6.07) is 12.9. The first-order valence-electron chi connectivity index (χ1n) is 9.30. The molecule has 136 valence electrons. The highest BCUT2D eigenvalue weighted by Gasteiger charge is 2.20. The van der Waals surface area contributed by atoms with Crippen LogP contribution in [0.3, 0.4) is 0 Å². The molecule has 2 aromatic heterocycles. The fraction of sp³-hybridized carbons (Fsp3) is 0.450. The summed E-state index contributed by atoms with van der Waals surface area (Å²) in [4.78, 5) is 6.97. The maximum atomic E-state index is 5.63. The third-order valence-electron chi connectivity index (χ3n) is 5.28. The van der Waals surface area contributed by atoms with Crippen molar-refractivity contribution in [2.24, 2.45) is 5.92 Å². The Morgan fingerprint density at radius 3 is 2.58 bits per heavy atom. The van der Waals surface area contributed by atoms with Crippen LogP contribution in [-0.2, 0) is 13.1 Å². The molecular weight excluding hydrogens is 342 g/mol. The van der Waals surface area contributed by atoms with Crippen molar-refractivity contribution >= 4 is 18.0 Å². The van der Waals surface area contributed by atoms with Gasteiger partial charge in [0, 0.05) is 24.5 Å². The zero-order valence-corrected chi connectivity index (χ0v) is 16.2. The van der Waals surface area contributed by atoms with E-state index in [9.17, 15) is 0 Å². The molecule has 0 aliphatic carbocycles. The van der Waals surface area contributed by atoms with Crippen molar-refractivity contribution in [3.63, 3.8) is 0 Å². The van der Waals surface area contributed by atoms with Gasteiger partial charge in [-0.2, -0.15) is 0 Å². The summed E-state index contributed by atoms with van der Waals surface area (Å²) >= 11 is 5.63. The molecule has 1 saturated heterocycles. The summed E-state index contributed by atoms with van der Waals surface area (Å²) in [6.07, 6.45) is 3.64. The lowest BCUT2D eigenvalue weighted by Gasteiger charge is -2.31. The van der Waals surface area contributed by atoms with Crippen molar-refractivity contribution in [3.05, 3.63) is 58.1 Å². The number of aromatic nitrogens is 4. The van der Waals surface area contributed by atoms with E-state index in [1.807, 2.05) is 22.1 Å². The van der Waals surface area contributed by atoms with Crippen molar-refractivity contribution in [1.82, 2.24) is 24.1 Å². The fourth-order valence-corrected chi connectivity index (χ4v) is 4.22. The molecule has 0 atom stereocenters. The van der Waals surface area contributed by atoms with Crippen LogP contribution in [0.25, 0.3) is 5.78 Å². The quantitative estimate of drug-likeness (QED) is 0.658. The molecular formula is C20H25N5S. The molecule has 5 nitrogen and oxygen atoms in total. The zero-order valence-electron chi connectivity index (χ0n) is 15.4. The van der Waals surface area contributed by atoms with Crippen LogP contribution < -0.4 is 0 Å². The average molecular weight is 368 g/mol. The van der Waals surface area contributed by atoms with Gasteiger partial charge in [-0.3, -0.25) is 9.30 Å². The predicted molar refractivity (Wildman–Crippen MR) is 106 cm³/mol. The number of likely N-dealkylation sites (tertiary alicyclic amines) is 1. The molecule has 0 amide bonds. The monoisotopic (exact) mass is 367 g/mol. The van der Waals surface area contributed by atoms with Crippen LogP contribution in [0.4, 0.5) is 0 Å². The predicted octanol–water partition coefficient (Wildman–Crippen LogP) is 3.79. The number of fused-ring (bicyclic) bond motifs is 1.